The second-order valence-corrected chi connectivity index (χ2v) is 7.59. The van der Waals surface area contributed by atoms with E-state index in [0.717, 1.165) is 17.7 Å². The van der Waals surface area contributed by atoms with Crippen molar-refractivity contribution in [2.24, 2.45) is 5.92 Å². The topological polar surface area (TPSA) is 73.2 Å². The minimum Gasteiger partial charge on any atom is -0.493 e. The molecule has 1 aliphatic rings. The fraction of sp³-hybridized carbons (Fsp3) is 0.318. The van der Waals surface area contributed by atoms with Crippen LogP contribution >= 0.6 is 0 Å². The van der Waals surface area contributed by atoms with E-state index in [1.54, 1.807) is 29.1 Å². The van der Waals surface area contributed by atoms with E-state index < -0.39 is 0 Å². The number of ether oxygens (including phenoxy) is 1. The van der Waals surface area contributed by atoms with Crippen LogP contribution in [0.1, 0.15) is 25.0 Å². The van der Waals surface area contributed by atoms with Crippen LogP contribution < -0.4 is 15.6 Å². The molecule has 1 aliphatic heterocycles. The van der Waals surface area contributed by atoms with Gasteiger partial charge in [0, 0.05) is 18.7 Å². The van der Waals surface area contributed by atoms with Crippen LogP contribution in [0.3, 0.4) is 0 Å². The van der Waals surface area contributed by atoms with Gasteiger partial charge in [-0.1, -0.05) is 26.0 Å². The van der Waals surface area contributed by atoms with Gasteiger partial charge in [0.15, 0.2) is 0 Å². The molecular formula is C22H23N3O3. The van der Waals surface area contributed by atoms with Gasteiger partial charge in [-0.15, -0.1) is 0 Å². The SMILES string of the molecule is CC(C)Cn1cnc2ccc(NC(=O)Cc3ccc4c(c3)OCC4)cc2c1=O. The summed E-state index contributed by atoms with van der Waals surface area (Å²) >= 11 is 0. The lowest BCUT2D eigenvalue weighted by atomic mass is 10.1. The number of hydrogen-bond donors (Lipinski definition) is 1. The molecule has 0 fully saturated rings. The third kappa shape index (κ3) is 3.76. The predicted molar refractivity (Wildman–Crippen MR) is 109 cm³/mol. The maximum atomic E-state index is 12.7. The lowest BCUT2D eigenvalue weighted by Gasteiger charge is -2.10. The number of nitrogens with zero attached hydrogens (tertiary/aromatic N) is 2. The van der Waals surface area contributed by atoms with Gasteiger partial charge in [0.05, 0.1) is 30.3 Å². The summed E-state index contributed by atoms with van der Waals surface area (Å²) in [5, 5.41) is 3.39. The highest BCUT2D eigenvalue weighted by atomic mass is 16.5. The molecule has 4 rings (SSSR count). The number of aromatic nitrogens is 2. The van der Waals surface area contributed by atoms with Gasteiger partial charge in [-0.2, -0.15) is 0 Å². The van der Waals surface area contributed by atoms with Crippen molar-refractivity contribution in [3.05, 3.63) is 64.2 Å². The van der Waals surface area contributed by atoms with Crippen LogP contribution in [-0.2, 0) is 24.2 Å². The molecule has 1 aromatic heterocycles. The maximum absolute atomic E-state index is 12.7. The summed E-state index contributed by atoms with van der Waals surface area (Å²) in [6.07, 6.45) is 2.75. The highest BCUT2D eigenvalue weighted by Crippen LogP contribution is 2.26. The van der Waals surface area contributed by atoms with Gasteiger partial charge >= 0.3 is 0 Å². The Morgan fingerprint density at radius 1 is 1.25 bits per heavy atom. The Balaban J connectivity index is 1.53. The summed E-state index contributed by atoms with van der Waals surface area (Å²) in [6, 6.07) is 11.1. The Hall–Kier alpha value is -3.15. The van der Waals surface area contributed by atoms with E-state index >= 15 is 0 Å². The molecule has 0 bridgehead atoms. The van der Waals surface area contributed by atoms with Gasteiger partial charge in [-0.05, 0) is 41.3 Å². The Bertz CT molecular complexity index is 1100. The minimum absolute atomic E-state index is 0.0921. The molecule has 0 saturated heterocycles. The van der Waals surface area contributed by atoms with E-state index in [0.29, 0.717) is 35.7 Å². The molecule has 144 valence electrons. The first-order valence-corrected chi connectivity index (χ1v) is 9.53. The van der Waals surface area contributed by atoms with E-state index in [2.05, 4.69) is 24.1 Å². The summed E-state index contributed by atoms with van der Waals surface area (Å²) in [6.45, 7) is 5.41. The van der Waals surface area contributed by atoms with Crippen LogP contribution in [0.2, 0.25) is 0 Å². The van der Waals surface area contributed by atoms with Crippen LogP contribution in [0.5, 0.6) is 5.75 Å². The van der Waals surface area contributed by atoms with Crippen molar-refractivity contribution in [3.8, 4) is 5.75 Å². The minimum atomic E-state index is -0.135. The average Bonchev–Trinajstić information content (AvgIpc) is 3.12. The van der Waals surface area contributed by atoms with Crippen molar-refractivity contribution in [3.63, 3.8) is 0 Å². The van der Waals surface area contributed by atoms with E-state index in [-0.39, 0.29) is 17.9 Å². The number of hydrogen-bond acceptors (Lipinski definition) is 4. The quantitative estimate of drug-likeness (QED) is 0.741. The molecule has 0 saturated carbocycles. The van der Waals surface area contributed by atoms with Crippen molar-refractivity contribution >= 4 is 22.5 Å². The molecule has 3 aromatic rings. The summed E-state index contributed by atoms with van der Waals surface area (Å²) in [5.74, 6) is 1.08. The number of amides is 1. The van der Waals surface area contributed by atoms with E-state index in [4.69, 9.17) is 4.74 Å². The number of nitrogens with one attached hydrogen (secondary N) is 1. The summed E-state index contributed by atoms with van der Waals surface area (Å²) in [7, 11) is 0. The largest absolute Gasteiger partial charge is 0.493 e. The number of carbonyl (C=O) groups is 1. The molecule has 6 nitrogen and oxygen atoms in total. The molecule has 0 aliphatic carbocycles. The Labute approximate surface area is 163 Å². The highest BCUT2D eigenvalue weighted by Gasteiger charge is 2.14. The van der Waals surface area contributed by atoms with Crippen molar-refractivity contribution in [2.45, 2.75) is 33.2 Å². The second-order valence-electron chi connectivity index (χ2n) is 7.59. The Morgan fingerprint density at radius 3 is 2.93 bits per heavy atom. The molecule has 0 unspecified atom stereocenters. The predicted octanol–water partition coefficient (Wildman–Crippen LogP) is 3.17. The number of benzene rings is 2. The number of fused-ring (bicyclic) bond motifs is 2. The molecule has 1 N–H and O–H groups in total. The lowest BCUT2D eigenvalue weighted by Crippen LogP contribution is -2.23. The number of rotatable bonds is 5. The van der Waals surface area contributed by atoms with Crippen molar-refractivity contribution in [2.75, 3.05) is 11.9 Å². The fourth-order valence-corrected chi connectivity index (χ4v) is 3.47. The molecule has 28 heavy (non-hydrogen) atoms. The zero-order valence-corrected chi connectivity index (χ0v) is 16.1. The smallest absolute Gasteiger partial charge is 0.261 e. The monoisotopic (exact) mass is 377 g/mol. The summed E-state index contributed by atoms with van der Waals surface area (Å²) in [5.41, 5.74) is 3.21. The van der Waals surface area contributed by atoms with Crippen molar-refractivity contribution in [1.82, 2.24) is 9.55 Å². The van der Waals surface area contributed by atoms with Gasteiger partial charge in [-0.3, -0.25) is 14.2 Å². The molecule has 0 spiro atoms. The van der Waals surface area contributed by atoms with Crippen LogP contribution in [0.4, 0.5) is 5.69 Å². The maximum Gasteiger partial charge on any atom is 0.261 e. The fourth-order valence-electron chi connectivity index (χ4n) is 3.47. The van der Waals surface area contributed by atoms with Gasteiger partial charge < -0.3 is 10.1 Å². The molecule has 2 heterocycles. The molecule has 0 atom stereocenters. The Kier molecular flexibility index (Phi) is 4.86. The first-order chi connectivity index (χ1) is 13.5. The van der Waals surface area contributed by atoms with Gasteiger partial charge in [-0.25, -0.2) is 4.98 Å². The van der Waals surface area contributed by atoms with Crippen molar-refractivity contribution < 1.29 is 9.53 Å². The van der Waals surface area contributed by atoms with E-state index in [1.807, 2.05) is 18.2 Å². The van der Waals surface area contributed by atoms with Crippen molar-refractivity contribution in [1.29, 1.82) is 0 Å². The average molecular weight is 377 g/mol. The normalized spacial score (nSPS) is 12.8. The second kappa shape index (κ2) is 7.46. The highest BCUT2D eigenvalue weighted by molar-refractivity contribution is 5.94. The molecule has 0 radical (unpaired) electrons. The van der Waals surface area contributed by atoms with Crippen LogP contribution in [0.25, 0.3) is 10.9 Å². The van der Waals surface area contributed by atoms with Gasteiger partial charge in [0.2, 0.25) is 5.91 Å². The summed E-state index contributed by atoms with van der Waals surface area (Å²) < 4.78 is 7.18. The van der Waals surface area contributed by atoms with Gasteiger partial charge in [0.1, 0.15) is 5.75 Å². The molecule has 1 amide bonds. The van der Waals surface area contributed by atoms with Crippen LogP contribution in [-0.4, -0.2) is 22.1 Å². The third-order valence-corrected chi connectivity index (χ3v) is 4.79. The number of anilines is 1. The first-order valence-electron chi connectivity index (χ1n) is 9.53. The summed E-state index contributed by atoms with van der Waals surface area (Å²) in [4.78, 5) is 29.5. The Morgan fingerprint density at radius 2 is 2.11 bits per heavy atom. The van der Waals surface area contributed by atoms with E-state index in [9.17, 15) is 9.59 Å². The van der Waals surface area contributed by atoms with Gasteiger partial charge in [0.25, 0.3) is 5.56 Å². The van der Waals surface area contributed by atoms with Crippen LogP contribution in [0, 0.1) is 5.92 Å². The third-order valence-electron chi connectivity index (χ3n) is 4.79. The zero-order chi connectivity index (χ0) is 19.7. The van der Waals surface area contributed by atoms with Crippen LogP contribution in [0.15, 0.2) is 47.5 Å². The zero-order valence-electron chi connectivity index (χ0n) is 16.1. The standard InChI is InChI=1S/C22H23N3O3/c1-14(2)12-25-13-23-19-6-5-17(11-18(19)22(25)27)24-21(26)10-15-3-4-16-7-8-28-20(16)9-15/h3-6,9,11,13-14H,7-8,10,12H2,1-2H3,(H,24,26). The lowest BCUT2D eigenvalue weighted by molar-refractivity contribution is -0.115. The molecular weight excluding hydrogens is 354 g/mol. The van der Waals surface area contributed by atoms with E-state index in [1.165, 1.54) is 5.56 Å². The number of carbonyl (C=O) groups excluding carboxylic acids is 1. The molecule has 2 aromatic carbocycles. The molecule has 6 heteroatoms. The first kappa shape index (κ1) is 18.2.